The van der Waals surface area contributed by atoms with Gasteiger partial charge in [-0.3, -0.25) is 4.18 Å². The Labute approximate surface area is 115 Å². The van der Waals surface area contributed by atoms with Crippen LogP contribution in [0, 0.1) is 0 Å². The van der Waals surface area contributed by atoms with Gasteiger partial charge in [0.05, 0.1) is 32.1 Å². The number of nitrogens with zero attached hydrogens (tertiary/aromatic N) is 1. The first-order chi connectivity index (χ1) is 8.78. The minimum atomic E-state index is -3.61. The van der Waals surface area contributed by atoms with Crippen LogP contribution in [0.2, 0.25) is 5.02 Å². The average Bonchev–Trinajstić information content (AvgIpc) is 2.34. The molecule has 1 aromatic heterocycles. The summed E-state index contributed by atoms with van der Waals surface area (Å²) in [7, 11) is -1.10. The summed E-state index contributed by atoms with van der Waals surface area (Å²) < 4.78 is 35.9. The van der Waals surface area contributed by atoms with Crippen molar-refractivity contribution in [2.24, 2.45) is 0 Å². The van der Waals surface area contributed by atoms with Crippen molar-refractivity contribution in [1.82, 2.24) is 4.98 Å². The molecular weight excluding hydrogens is 298 g/mol. The number of carbonyl (C=O) groups is 1. The zero-order valence-corrected chi connectivity index (χ0v) is 12.0. The molecule has 0 N–H and O–H groups in total. The summed E-state index contributed by atoms with van der Waals surface area (Å²) in [5, 5.41) is 0.0137. The molecule has 0 aromatic carbocycles. The summed E-state index contributed by atoms with van der Waals surface area (Å²) in [6.07, 6.45) is 0.914. The van der Waals surface area contributed by atoms with E-state index in [-0.39, 0.29) is 23.2 Å². The summed E-state index contributed by atoms with van der Waals surface area (Å²) in [6.45, 7) is -0.295. The van der Waals surface area contributed by atoms with Crippen LogP contribution in [0.1, 0.15) is 16.1 Å². The van der Waals surface area contributed by atoms with Crippen molar-refractivity contribution < 1.29 is 26.9 Å². The van der Waals surface area contributed by atoms with Crippen LogP contribution in [0.15, 0.2) is 6.07 Å². The highest BCUT2D eigenvalue weighted by Gasteiger charge is 2.18. The molecule has 0 radical (unpaired) electrons. The number of methoxy groups -OCH3 is 2. The number of hydrogen-bond donors (Lipinski definition) is 0. The number of ether oxygens (including phenoxy) is 2. The van der Waals surface area contributed by atoms with E-state index < -0.39 is 16.1 Å². The molecule has 1 aromatic rings. The minimum Gasteiger partial charge on any atom is -0.481 e. The van der Waals surface area contributed by atoms with Gasteiger partial charge in [-0.15, -0.1) is 0 Å². The molecule has 0 amide bonds. The van der Waals surface area contributed by atoms with Crippen molar-refractivity contribution >= 4 is 27.7 Å². The lowest BCUT2D eigenvalue weighted by atomic mass is 10.2. The Kier molecular flexibility index (Phi) is 5.10. The zero-order chi connectivity index (χ0) is 14.6. The van der Waals surface area contributed by atoms with Crippen molar-refractivity contribution in [2.45, 2.75) is 6.61 Å². The lowest BCUT2D eigenvalue weighted by Gasteiger charge is -2.10. The van der Waals surface area contributed by atoms with Crippen LogP contribution < -0.4 is 4.74 Å². The van der Waals surface area contributed by atoms with Gasteiger partial charge >= 0.3 is 5.97 Å². The first kappa shape index (κ1) is 15.7. The molecule has 0 aliphatic carbocycles. The lowest BCUT2D eigenvalue weighted by molar-refractivity contribution is 0.0593. The first-order valence-corrected chi connectivity index (χ1v) is 7.14. The van der Waals surface area contributed by atoms with Crippen LogP contribution >= 0.6 is 11.6 Å². The molecule has 106 valence electrons. The first-order valence-electron chi connectivity index (χ1n) is 4.94. The number of rotatable bonds is 5. The van der Waals surface area contributed by atoms with Crippen molar-refractivity contribution in [2.75, 3.05) is 20.5 Å². The molecule has 0 bridgehead atoms. The molecular formula is C10H12ClNO6S. The summed E-state index contributed by atoms with van der Waals surface area (Å²) in [6, 6.07) is 1.34. The van der Waals surface area contributed by atoms with Crippen LogP contribution in [0.5, 0.6) is 5.88 Å². The fraction of sp³-hybridized carbons (Fsp3) is 0.400. The number of esters is 1. The van der Waals surface area contributed by atoms with Crippen LogP contribution in [-0.4, -0.2) is 39.8 Å². The second-order valence-corrected chi connectivity index (χ2v) is 5.50. The van der Waals surface area contributed by atoms with Gasteiger partial charge in [-0.25, -0.2) is 9.78 Å². The molecule has 7 nitrogen and oxygen atoms in total. The van der Waals surface area contributed by atoms with E-state index in [9.17, 15) is 13.2 Å². The third-order valence-corrected chi connectivity index (χ3v) is 2.85. The van der Waals surface area contributed by atoms with Crippen molar-refractivity contribution in [3.05, 3.63) is 22.3 Å². The van der Waals surface area contributed by atoms with Gasteiger partial charge in [-0.05, 0) is 6.07 Å². The Morgan fingerprint density at radius 2 is 2.05 bits per heavy atom. The normalized spacial score (nSPS) is 11.2. The standard InChI is InChI=1S/C10H12ClNO6S/c1-16-9-6(5-18-19(3,14)15)4-7(11)8(12-9)10(13)17-2/h4H,5H2,1-3H3. The van der Waals surface area contributed by atoms with Crippen LogP contribution in [0.4, 0.5) is 0 Å². The van der Waals surface area contributed by atoms with Gasteiger partial charge in [0.2, 0.25) is 5.88 Å². The maximum atomic E-state index is 11.4. The Morgan fingerprint density at radius 1 is 1.42 bits per heavy atom. The van der Waals surface area contributed by atoms with Gasteiger partial charge < -0.3 is 9.47 Å². The molecule has 1 rings (SSSR count). The molecule has 0 atom stereocenters. The van der Waals surface area contributed by atoms with E-state index in [0.717, 1.165) is 6.26 Å². The fourth-order valence-corrected chi connectivity index (χ4v) is 1.79. The summed E-state index contributed by atoms with van der Waals surface area (Å²) in [4.78, 5) is 15.2. The van der Waals surface area contributed by atoms with E-state index in [1.807, 2.05) is 0 Å². The van der Waals surface area contributed by atoms with Crippen LogP contribution in [0.3, 0.4) is 0 Å². The van der Waals surface area contributed by atoms with E-state index in [1.165, 1.54) is 20.3 Å². The van der Waals surface area contributed by atoms with E-state index >= 15 is 0 Å². The Bertz CT molecular complexity index is 586. The van der Waals surface area contributed by atoms with Gasteiger partial charge in [0.1, 0.15) is 0 Å². The van der Waals surface area contributed by atoms with Crippen molar-refractivity contribution in [3.63, 3.8) is 0 Å². The Morgan fingerprint density at radius 3 is 2.53 bits per heavy atom. The molecule has 0 spiro atoms. The monoisotopic (exact) mass is 309 g/mol. The third-order valence-electron chi connectivity index (χ3n) is 2.02. The predicted molar refractivity (Wildman–Crippen MR) is 66.8 cm³/mol. The number of hydrogen-bond acceptors (Lipinski definition) is 7. The molecule has 0 unspecified atom stereocenters. The summed E-state index contributed by atoms with van der Waals surface area (Å²) in [5.74, 6) is -0.688. The zero-order valence-electron chi connectivity index (χ0n) is 10.5. The van der Waals surface area contributed by atoms with Gasteiger partial charge in [-0.2, -0.15) is 8.42 Å². The maximum absolute atomic E-state index is 11.4. The van der Waals surface area contributed by atoms with Crippen LogP contribution in [-0.2, 0) is 25.6 Å². The van der Waals surface area contributed by atoms with Gasteiger partial charge in [0.25, 0.3) is 10.1 Å². The second kappa shape index (κ2) is 6.18. The molecule has 0 aliphatic heterocycles. The average molecular weight is 310 g/mol. The predicted octanol–water partition coefficient (Wildman–Crippen LogP) is 1.01. The Hall–Kier alpha value is -1.38. The largest absolute Gasteiger partial charge is 0.481 e. The smallest absolute Gasteiger partial charge is 0.358 e. The van der Waals surface area contributed by atoms with E-state index in [0.29, 0.717) is 5.56 Å². The molecule has 9 heteroatoms. The molecule has 0 aliphatic rings. The van der Waals surface area contributed by atoms with Gasteiger partial charge in [0, 0.05) is 5.56 Å². The van der Waals surface area contributed by atoms with E-state index in [4.69, 9.17) is 16.3 Å². The number of carbonyl (C=O) groups excluding carboxylic acids is 1. The maximum Gasteiger partial charge on any atom is 0.358 e. The topological polar surface area (TPSA) is 91.8 Å². The lowest BCUT2D eigenvalue weighted by Crippen LogP contribution is -2.10. The molecule has 0 saturated heterocycles. The third kappa shape index (κ3) is 4.34. The number of pyridine rings is 1. The van der Waals surface area contributed by atoms with Crippen LogP contribution in [0.25, 0.3) is 0 Å². The van der Waals surface area contributed by atoms with E-state index in [2.05, 4.69) is 13.9 Å². The molecule has 0 fully saturated rings. The highest BCUT2D eigenvalue weighted by molar-refractivity contribution is 7.85. The number of aromatic nitrogens is 1. The molecule has 19 heavy (non-hydrogen) atoms. The highest BCUT2D eigenvalue weighted by Crippen LogP contribution is 2.25. The minimum absolute atomic E-state index is 0.0137. The quantitative estimate of drug-likeness (QED) is 0.592. The summed E-state index contributed by atoms with van der Waals surface area (Å²) in [5.41, 5.74) is 0.176. The van der Waals surface area contributed by atoms with Gasteiger partial charge in [0.15, 0.2) is 5.69 Å². The molecule has 1 heterocycles. The highest BCUT2D eigenvalue weighted by atomic mass is 35.5. The Balaban J connectivity index is 3.13. The molecule has 0 saturated carbocycles. The van der Waals surface area contributed by atoms with Crippen molar-refractivity contribution in [3.8, 4) is 5.88 Å². The fourth-order valence-electron chi connectivity index (χ4n) is 1.20. The van der Waals surface area contributed by atoms with Crippen molar-refractivity contribution in [1.29, 1.82) is 0 Å². The SMILES string of the molecule is COC(=O)c1nc(OC)c(COS(C)(=O)=O)cc1Cl. The summed E-state index contributed by atoms with van der Waals surface area (Å²) >= 11 is 5.86. The number of halogens is 1. The second-order valence-electron chi connectivity index (χ2n) is 3.45. The van der Waals surface area contributed by atoms with E-state index in [1.54, 1.807) is 0 Å². The van der Waals surface area contributed by atoms with Gasteiger partial charge in [-0.1, -0.05) is 11.6 Å².